The lowest BCUT2D eigenvalue weighted by atomic mass is 10.0. The normalized spacial score (nSPS) is 14.7. The van der Waals surface area contributed by atoms with Gasteiger partial charge in [-0.1, -0.05) is 13.0 Å². The summed E-state index contributed by atoms with van der Waals surface area (Å²) in [6.07, 6.45) is 2.38. The van der Waals surface area contributed by atoms with Crippen LogP contribution in [0.15, 0.2) is 24.4 Å². The van der Waals surface area contributed by atoms with E-state index in [1.54, 1.807) is 32.2 Å². The summed E-state index contributed by atoms with van der Waals surface area (Å²) in [7, 11) is -3.47. The third kappa shape index (κ3) is 4.43. The quantitative estimate of drug-likeness (QED) is 0.840. The second-order valence-electron chi connectivity index (χ2n) is 4.29. The molecule has 0 aliphatic heterocycles. The Balaban J connectivity index is 2.64. The molecule has 5 nitrogen and oxygen atoms in total. The zero-order valence-corrected chi connectivity index (χ0v) is 11.4. The van der Waals surface area contributed by atoms with Gasteiger partial charge in [-0.2, -0.15) is 9.98 Å². The lowest BCUT2D eigenvalue weighted by Crippen LogP contribution is -2.45. The van der Waals surface area contributed by atoms with Crippen molar-refractivity contribution in [2.24, 2.45) is 0 Å². The molecule has 1 aromatic heterocycles. The van der Waals surface area contributed by atoms with E-state index in [0.717, 1.165) is 5.69 Å². The molecule has 0 fully saturated rings. The van der Waals surface area contributed by atoms with Gasteiger partial charge in [0.1, 0.15) is 5.54 Å². The third-order valence-electron chi connectivity index (χ3n) is 2.69. The molecule has 6 heteroatoms. The molecule has 0 aromatic carbocycles. The maximum absolute atomic E-state index is 11.8. The molecule has 1 unspecified atom stereocenters. The van der Waals surface area contributed by atoms with Crippen LogP contribution >= 0.6 is 0 Å². The molecule has 0 bridgehead atoms. The van der Waals surface area contributed by atoms with Crippen molar-refractivity contribution in [2.45, 2.75) is 32.2 Å². The number of hydrogen-bond donors (Lipinski definition) is 1. The SMILES string of the molecule is CCC(C)(C#N)NS(=O)(=O)CCc1ccccn1. The highest BCUT2D eigenvalue weighted by molar-refractivity contribution is 7.89. The number of sulfonamides is 1. The van der Waals surface area contributed by atoms with E-state index in [9.17, 15) is 8.42 Å². The van der Waals surface area contributed by atoms with Gasteiger partial charge >= 0.3 is 0 Å². The molecule has 0 amide bonds. The molecule has 18 heavy (non-hydrogen) atoms. The number of rotatable bonds is 6. The molecule has 1 rings (SSSR count). The Morgan fingerprint density at radius 3 is 2.72 bits per heavy atom. The van der Waals surface area contributed by atoms with Gasteiger partial charge in [-0.3, -0.25) is 4.98 Å². The van der Waals surface area contributed by atoms with Crippen LogP contribution in [0.3, 0.4) is 0 Å². The van der Waals surface area contributed by atoms with Crippen LogP contribution in [0, 0.1) is 11.3 Å². The first kappa shape index (κ1) is 14.6. The molecular formula is C12H17N3O2S. The van der Waals surface area contributed by atoms with Crippen molar-refractivity contribution >= 4 is 10.0 Å². The summed E-state index contributed by atoms with van der Waals surface area (Å²) in [5, 5.41) is 8.94. The summed E-state index contributed by atoms with van der Waals surface area (Å²) in [4.78, 5) is 4.06. The predicted octanol–water partition coefficient (Wildman–Crippen LogP) is 1.24. The number of pyridine rings is 1. The fourth-order valence-corrected chi connectivity index (χ4v) is 2.81. The highest BCUT2D eigenvalue weighted by Gasteiger charge is 2.27. The third-order valence-corrected chi connectivity index (χ3v) is 4.19. The minimum absolute atomic E-state index is 0.0682. The van der Waals surface area contributed by atoms with E-state index in [2.05, 4.69) is 9.71 Å². The standard InChI is InChI=1S/C12H17N3O2S/c1-3-12(2,10-13)15-18(16,17)9-7-11-6-4-5-8-14-11/h4-6,8,15H,3,7,9H2,1-2H3. The van der Waals surface area contributed by atoms with Crippen molar-refractivity contribution in [2.75, 3.05) is 5.75 Å². The van der Waals surface area contributed by atoms with Crippen LogP contribution < -0.4 is 4.72 Å². The van der Waals surface area contributed by atoms with E-state index in [0.29, 0.717) is 12.8 Å². The zero-order chi connectivity index (χ0) is 13.6. The smallest absolute Gasteiger partial charge is 0.213 e. The Kier molecular flexibility index (Phi) is 4.82. The summed E-state index contributed by atoms with van der Waals surface area (Å²) in [5.74, 6) is -0.0682. The average Bonchev–Trinajstić information content (AvgIpc) is 2.37. The van der Waals surface area contributed by atoms with E-state index in [-0.39, 0.29) is 5.75 Å². The molecule has 0 spiro atoms. The number of hydrogen-bond acceptors (Lipinski definition) is 4. The van der Waals surface area contributed by atoms with E-state index >= 15 is 0 Å². The maximum Gasteiger partial charge on any atom is 0.213 e. The van der Waals surface area contributed by atoms with Crippen molar-refractivity contribution in [1.82, 2.24) is 9.71 Å². The Labute approximate surface area is 108 Å². The van der Waals surface area contributed by atoms with Crippen molar-refractivity contribution in [3.63, 3.8) is 0 Å². The van der Waals surface area contributed by atoms with E-state index in [1.807, 2.05) is 12.1 Å². The van der Waals surface area contributed by atoms with E-state index in [1.165, 1.54) is 0 Å². The van der Waals surface area contributed by atoms with Gasteiger partial charge in [-0.05, 0) is 25.5 Å². The molecule has 0 aliphatic carbocycles. The van der Waals surface area contributed by atoms with Crippen molar-refractivity contribution in [3.8, 4) is 6.07 Å². The van der Waals surface area contributed by atoms with Gasteiger partial charge in [0, 0.05) is 18.3 Å². The summed E-state index contributed by atoms with van der Waals surface area (Å²) in [6.45, 7) is 3.34. The first-order chi connectivity index (χ1) is 8.41. The Bertz CT molecular complexity index is 522. The van der Waals surface area contributed by atoms with Crippen molar-refractivity contribution in [3.05, 3.63) is 30.1 Å². The number of nitriles is 1. The van der Waals surface area contributed by atoms with Crippen molar-refractivity contribution < 1.29 is 8.42 Å². The average molecular weight is 267 g/mol. The summed E-state index contributed by atoms with van der Waals surface area (Å²) < 4.78 is 26.1. The minimum Gasteiger partial charge on any atom is -0.261 e. The molecule has 0 saturated carbocycles. The molecule has 1 aromatic rings. The second-order valence-corrected chi connectivity index (χ2v) is 6.13. The van der Waals surface area contributed by atoms with Gasteiger partial charge < -0.3 is 0 Å². The molecule has 0 aliphatic rings. The Hall–Kier alpha value is -1.45. The molecule has 1 N–H and O–H groups in total. The van der Waals surface area contributed by atoms with Gasteiger partial charge in [-0.25, -0.2) is 8.42 Å². The first-order valence-corrected chi connectivity index (χ1v) is 7.39. The van der Waals surface area contributed by atoms with Crippen molar-refractivity contribution in [1.29, 1.82) is 5.26 Å². The van der Waals surface area contributed by atoms with Crippen LogP contribution in [0.1, 0.15) is 26.0 Å². The number of aryl methyl sites for hydroxylation is 1. The largest absolute Gasteiger partial charge is 0.261 e. The fraction of sp³-hybridized carbons (Fsp3) is 0.500. The van der Waals surface area contributed by atoms with Gasteiger partial charge in [-0.15, -0.1) is 0 Å². The number of aromatic nitrogens is 1. The van der Waals surface area contributed by atoms with E-state index in [4.69, 9.17) is 5.26 Å². The predicted molar refractivity (Wildman–Crippen MR) is 69.2 cm³/mol. The highest BCUT2D eigenvalue weighted by atomic mass is 32.2. The topological polar surface area (TPSA) is 82.9 Å². The van der Waals surface area contributed by atoms with Crippen LogP contribution in [-0.2, 0) is 16.4 Å². The van der Waals surface area contributed by atoms with Gasteiger partial charge in [0.05, 0.1) is 11.8 Å². The summed E-state index contributed by atoms with van der Waals surface area (Å²) in [6, 6.07) is 7.34. The molecule has 0 saturated heterocycles. The molecule has 1 atom stereocenters. The first-order valence-electron chi connectivity index (χ1n) is 5.73. The van der Waals surface area contributed by atoms with Gasteiger partial charge in [0.15, 0.2) is 0 Å². The fourth-order valence-electron chi connectivity index (χ4n) is 1.35. The van der Waals surface area contributed by atoms with Gasteiger partial charge in [0.2, 0.25) is 10.0 Å². The number of nitrogens with zero attached hydrogens (tertiary/aromatic N) is 2. The molecule has 98 valence electrons. The number of nitrogens with one attached hydrogen (secondary N) is 1. The highest BCUT2D eigenvalue weighted by Crippen LogP contribution is 2.10. The molecule has 1 heterocycles. The van der Waals surface area contributed by atoms with E-state index < -0.39 is 15.6 Å². The van der Waals surface area contributed by atoms with Crippen LogP contribution in [-0.4, -0.2) is 24.7 Å². The molecular weight excluding hydrogens is 250 g/mol. The van der Waals surface area contributed by atoms with Gasteiger partial charge in [0.25, 0.3) is 0 Å². The zero-order valence-electron chi connectivity index (χ0n) is 10.5. The monoisotopic (exact) mass is 267 g/mol. The molecule has 0 radical (unpaired) electrons. The van der Waals surface area contributed by atoms with Crippen LogP contribution in [0.25, 0.3) is 0 Å². The Morgan fingerprint density at radius 1 is 1.50 bits per heavy atom. The second kappa shape index (κ2) is 5.94. The minimum atomic E-state index is -3.47. The maximum atomic E-state index is 11.8. The lowest BCUT2D eigenvalue weighted by Gasteiger charge is -2.20. The van der Waals surface area contributed by atoms with Crippen LogP contribution in [0.2, 0.25) is 0 Å². The van der Waals surface area contributed by atoms with Crippen LogP contribution in [0.4, 0.5) is 0 Å². The van der Waals surface area contributed by atoms with Crippen LogP contribution in [0.5, 0.6) is 0 Å². The lowest BCUT2D eigenvalue weighted by molar-refractivity contribution is 0.494. The summed E-state index contributed by atoms with van der Waals surface area (Å²) >= 11 is 0. The summed E-state index contributed by atoms with van der Waals surface area (Å²) in [5.41, 5.74) is -0.318. The Morgan fingerprint density at radius 2 is 2.22 bits per heavy atom.